The van der Waals surface area contributed by atoms with Crippen LogP contribution in [0.4, 0.5) is 11.4 Å². The van der Waals surface area contributed by atoms with Crippen molar-refractivity contribution in [3.05, 3.63) is 50.4 Å². The van der Waals surface area contributed by atoms with Crippen molar-refractivity contribution in [1.29, 1.82) is 0 Å². The third-order valence-corrected chi connectivity index (χ3v) is 8.49. The second kappa shape index (κ2) is 9.79. The van der Waals surface area contributed by atoms with E-state index in [0.717, 1.165) is 61.1 Å². The molecule has 5 rings (SSSR count). The second-order valence-electron chi connectivity index (χ2n) is 8.69. The lowest BCUT2D eigenvalue weighted by Crippen LogP contribution is -2.22. The number of aromatic nitrogens is 2. The minimum absolute atomic E-state index is 0.0542. The molecular weight excluding hydrogens is 470 g/mol. The van der Waals surface area contributed by atoms with Crippen LogP contribution in [0.3, 0.4) is 0 Å². The Labute approximate surface area is 205 Å². The van der Waals surface area contributed by atoms with Crippen LogP contribution in [0.2, 0.25) is 0 Å². The Morgan fingerprint density at radius 1 is 1.21 bits per heavy atom. The average Bonchev–Trinajstić information content (AvgIpc) is 3.54. The molecular formula is C24H27N5O3S2. The summed E-state index contributed by atoms with van der Waals surface area (Å²) in [6, 6.07) is 5.21. The Bertz CT molecular complexity index is 1310. The molecule has 2 amide bonds. The monoisotopic (exact) mass is 497 g/mol. The number of nitrogens with one attached hydrogen (secondary N) is 2. The molecule has 1 saturated heterocycles. The van der Waals surface area contributed by atoms with E-state index in [0.29, 0.717) is 35.0 Å². The van der Waals surface area contributed by atoms with Gasteiger partial charge in [0.15, 0.2) is 0 Å². The van der Waals surface area contributed by atoms with E-state index in [-0.39, 0.29) is 11.5 Å². The minimum atomic E-state index is -0.520. The lowest BCUT2D eigenvalue weighted by Gasteiger charge is -2.22. The number of hydrogen-bond donors (Lipinski definition) is 3. The van der Waals surface area contributed by atoms with E-state index in [9.17, 15) is 14.4 Å². The van der Waals surface area contributed by atoms with Crippen LogP contribution in [0.25, 0.3) is 10.2 Å². The lowest BCUT2D eigenvalue weighted by atomic mass is 10.1. The highest BCUT2D eigenvalue weighted by Gasteiger charge is 2.21. The summed E-state index contributed by atoms with van der Waals surface area (Å²) in [5.41, 5.74) is 8.47. The first-order valence-corrected chi connectivity index (χ1v) is 13.6. The van der Waals surface area contributed by atoms with Crippen LogP contribution in [0.5, 0.6) is 0 Å². The number of carbonyl (C=O) groups is 2. The molecule has 1 aliphatic heterocycles. The number of thiophene rings is 1. The van der Waals surface area contributed by atoms with Gasteiger partial charge in [0.1, 0.15) is 10.7 Å². The molecule has 2 aromatic heterocycles. The van der Waals surface area contributed by atoms with E-state index >= 15 is 0 Å². The fourth-order valence-corrected chi connectivity index (χ4v) is 6.77. The highest BCUT2D eigenvalue weighted by molar-refractivity contribution is 7.98. The van der Waals surface area contributed by atoms with E-state index in [4.69, 9.17) is 5.73 Å². The molecule has 0 atom stereocenters. The molecule has 34 heavy (non-hydrogen) atoms. The van der Waals surface area contributed by atoms with Gasteiger partial charge in [-0.1, -0.05) is 0 Å². The summed E-state index contributed by atoms with van der Waals surface area (Å²) in [5.74, 6) is 1.13. The SMILES string of the molecule is NC(=O)c1ccc(N2CCCC2)c(NC(=O)CCSCc2nc3sc4c(c3c(=O)[nH]2)CCC4)c1. The normalized spacial score (nSPS) is 15.1. The smallest absolute Gasteiger partial charge is 0.259 e. The summed E-state index contributed by atoms with van der Waals surface area (Å²) in [6.07, 6.45) is 5.64. The number of thioether (sulfide) groups is 1. The third-order valence-electron chi connectivity index (χ3n) is 6.34. The number of rotatable bonds is 8. The van der Waals surface area contributed by atoms with E-state index < -0.39 is 5.91 Å². The van der Waals surface area contributed by atoms with Gasteiger partial charge in [-0.2, -0.15) is 11.8 Å². The Balaban J connectivity index is 1.19. The average molecular weight is 498 g/mol. The summed E-state index contributed by atoms with van der Waals surface area (Å²) in [4.78, 5) is 48.8. The van der Waals surface area contributed by atoms with Crippen molar-refractivity contribution < 1.29 is 9.59 Å². The van der Waals surface area contributed by atoms with Gasteiger partial charge in [0.25, 0.3) is 5.56 Å². The molecule has 178 valence electrons. The number of carbonyl (C=O) groups excluding carboxylic acids is 2. The standard InChI is InChI=1S/C24H27N5O3S2/c25-22(31)14-6-7-17(29-9-1-2-10-29)16(12-14)26-20(30)8-11-33-13-19-27-23(32)21-15-4-3-5-18(15)34-24(21)28-19/h6-7,12H,1-5,8-11,13H2,(H2,25,31)(H,26,30)(H,27,28,32). The first-order valence-electron chi connectivity index (χ1n) is 11.6. The topological polar surface area (TPSA) is 121 Å². The number of fused-ring (bicyclic) bond motifs is 3. The van der Waals surface area contributed by atoms with Crippen LogP contribution in [0.15, 0.2) is 23.0 Å². The van der Waals surface area contributed by atoms with Crippen molar-refractivity contribution >= 4 is 56.5 Å². The molecule has 3 aromatic rings. The zero-order chi connectivity index (χ0) is 23.7. The number of H-pyrrole nitrogens is 1. The molecule has 1 aromatic carbocycles. The van der Waals surface area contributed by atoms with Crippen LogP contribution >= 0.6 is 23.1 Å². The molecule has 1 fully saturated rings. The number of nitrogens with zero attached hydrogens (tertiary/aromatic N) is 2. The van der Waals surface area contributed by atoms with Crippen LogP contribution in [-0.2, 0) is 23.4 Å². The Hall–Kier alpha value is -2.85. The van der Waals surface area contributed by atoms with Gasteiger partial charge in [-0.25, -0.2) is 4.98 Å². The molecule has 0 unspecified atom stereocenters. The van der Waals surface area contributed by atoms with Gasteiger partial charge >= 0.3 is 0 Å². The van der Waals surface area contributed by atoms with Crippen LogP contribution < -0.4 is 21.5 Å². The van der Waals surface area contributed by atoms with Gasteiger partial charge in [0, 0.05) is 35.7 Å². The molecule has 1 aliphatic carbocycles. The van der Waals surface area contributed by atoms with Crippen molar-refractivity contribution in [3.8, 4) is 0 Å². The first-order chi connectivity index (χ1) is 16.5. The van der Waals surface area contributed by atoms with E-state index in [1.807, 2.05) is 6.07 Å². The molecule has 0 bridgehead atoms. The quantitative estimate of drug-likeness (QED) is 0.410. The first kappa shape index (κ1) is 22.9. The summed E-state index contributed by atoms with van der Waals surface area (Å²) < 4.78 is 0. The number of primary amides is 1. The predicted octanol–water partition coefficient (Wildman–Crippen LogP) is 3.43. The summed E-state index contributed by atoms with van der Waals surface area (Å²) in [6.45, 7) is 1.86. The maximum atomic E-state index is 12.6. The van der Waals surface area contributed by atoms with E-state index in [1.54, 1.807) is 35.2 Å². The van der Waals surface area contributed by atoms with Crippen molar-refractivity contribution in [2.75, 3.05) is 29.1 Å². The summed E-state index contributed by atoms with van der Waals surface area (Å²) >= 11 is 3.19. The Morgan fingerprint density at radius 2 is 2.03 bits per heavy atom. The summed E-state index contributed by atoms with van der Waals surface area (Å²) in [7, 11) is 0. The molecule has 0 saturated carbocycles. The van der Waals surface area contributed by atoms with Gasteiger partial charge in [-0.15, -0.1) is 11.3 Å². The number of nitrogens with two attached hydrogens (primary N) is 1. The largest absolute Gasteiger partial charge is 0.370 e. The van der Waals surface area contributed by atoms with Crippen LogP contribution in [0, 0.1) is 0 Å². The Kier molecular flexibility index (Phi) is 6.60. The van der Waals surface area contributed by atoms with Gasteiger partial charge in [-0.3, -0.25) is 14.4 Å². The number of anilines is 2. The van der Waals surface area contributed by atoms with Crippen molar-refractivity contribution in [3.63, 3.8) is 0 Å². The van der Waals surface area contributed by atoms with Gasteiger partial charge < -0.3 is 20.9 Å². The molecule has 3 heterocycles. The number of aromatic amines is 1. The molecule has 4 N–H and O–H groups in total. The zero-order valence-corrected chi connectivity index (χ0v) is 20.4. The fourth-order valence-electron chi connectivity index (χ4n) is 4.68. The van der Waals surface area contributed by atoms with Crippen molar-refractivity contribution in [1.82, 2.24) is 9.97 Å². The van der Waals surface area contributed by atoms with Crippen molar-refractivity contribution in [2.24, 2.45) is 5.73 Å². The van der Waals surface area contributed by atoms with E-state index in [2.05, 4.69) is 20.2 Å². The summed E-state index contributed by atoms with van der Waals surface area (Å²) in [5, 5.41) is 3.72. The highest BCUT2D eigenvalue weighted by Crippen LogP contribution is 2.34. The third kappa shape index (κ3) is 4.69. The molecule has 2 aliphatic rings. The van der Waals surface area contributed by atoms with Crippen molar-refractivity contribution in [2.45, 2.75) is 44.3 Å². The number of benzene rings is 1. The van der Waals surface area contributed by atoms with Crippen LogP contribution in [0.1, 0.15) is 52.3 Å². The van der Waals surface area contributed by atoms with E-state index in [1.165, 1.54) is 10.4 Å². The highest BCUT2D eigenvalue weighted by atomic mass is 32.2. The molecule has 0 spiro atoms. The molecule has 8 nitrogen and oxygen atoms in total. The zero-order valence-electron chi connectivity index (χ0n) is 18.8. The van der Waals surface area contributed by atoms with Gasteiger partial charge in [-0.05, 0) is 55.9 Å². The van der Waals surface area contributed by atoms with Gasteiger partial charge in [0.2, 0.25) is 11.8 Å². The minimum Gasteiger partial charge on any atom is -0.370 e. The molecule has 10 heteroatoms. The fraction of sp³-hybridized carbons (Fsp3) is 0.417. The Morgan fingerprint density at radius 3 is 2.82 bits per heavy atom. The lowest BCUT2D eigenvalue weighted by molar-refractivity contribution is -0.115. The van der Waals surface area contributed by atoms with Crippen LogP contribution in [-0.4, -0.2) is 40.6 Å². The number of amides is 2. The molecule has 0 radical (unpaired) electrons. The predicted molar refractivity (Wildman–Crippen MR) is 138 cm³/mol. The maximum absolute atomic E-state index is 12.6. The number of hydrogen-bond acceptors (Lipinski definition) is 7. The maximum Gasteiger partial charge on any atom is 0.259 e. The second-order valence-corrected chi connectivity index (χ2v) is 10.9. The van der Waals surface area contributed by atoms with Gasteiger partial charge in [0.05, 0.1) is 22.5 Å². The number of aryl methyl sites for hydroxylation is 2.